The number of pyridine rings is 1. The van der Waals surface area contributed by atoms with Gasteiger partial charge in [-0.2, -0.15) is 0 Å². The lowest BCUT2D eigenvalue weighted by Gasteiger charge is -2.09. The molecular formula is C18H20N4O4S. The van der Waals surface area contributed by atoms with Gasteiger partial charge in [0.15, 0.2) is 10.8 Å². The lowest BCUT2D eigenvalue weighted by molar-refractivity contribution is -0.143. The first-order chi connectivity index (χ1) is 13.0. The molecule has 0 unspecified atom stereocenters. The van der Waals surface area contributed by atoms with E-state index in [1.807, 2.05) is 35.6 Å². The van der Waals surface area contributed by atoms with E-state index in [2.05, 4.69) is 15.5 Å². The average molecular weight is 388 g/mol. The summed E-state index contributed by atoms with van der Waals surface area (Å²) >= 11 is 1.25. The van der Waals surface area contributed by atoms with Crippen LogP contribution in [0.15, 0.2) is 29.4 Å². The molecule has 0 fully saturated rings. The summed E-state index contributed by atoms with van der Waals surface area (Å²) in [4.78, 5) is 23.3. The van der Waals surface area contributed by atoms with Crippen LogP contribution in [0.25, 0.3) is 16.6 Å². The highest BCUT2D eigenvalue weighted by atomic mass is 32.2. The number of benzene rings is 1. The Morgan fingerprint density at radius 2 is 2.07 bits per heavy atom. The van der Waals surface area contributed by atoms with Gasteiger partial charge in [-0.25, -0.2) is 0 Å². The van der Waals surface area contributed by atoms with Crippen molar-refractivity contribution in [1.29, 1.82) is 0 Å². The summed E-state index contributed by atoms with van der Waals surface area (Å²) in [5.74, 6) is 0.0980. The number of carbonyl (C=O) groups is 2. The quantitative estimate of drug-likeness (QED) is 0.488. The van der Waals surface area contributed by atoms with Gasteiger partial charge in [0.1, 0.15) is 12.3 Å². The molecule has 1 amide bonds. The van der Waals surface area contributed by atoms with Gasteiger partial charge in [0.05, 0.1) is 25.0 Å². The minimum Gasteiger partial charge on any atom is -0.497 e. The smallest absolute Gasteiger partial charge is 0.325 e. The molecule has 0 atom stereocenters. The molecule has 1 N–H and O–H groups in total. The standard InChI is InChI=1S/C18H20N4O4S/c1-4-26-16(24)9-19-15(23)10-27-18-21-20-17-11(2)7-12-5-6-13(25-3)8-14(12)22(17)18/h5-8H,4,9-10H2,1-3H3,(H,19,23). The van der Waals surface area contributed by atoms with Crippen molar-refractivity contribution in [3.05, 3.63) is 29.8 Å². The molecule has 1 aromatic carbocycles. The largest absolute Gasteiger partial charge is 0.497 e. The second-order valence-electron chi connectivity index (χ2n) is 5.76. The fourth-order valence-electron chi connectivity index (χ4n) is 2.66. The van der Waals surface area contributed by atoms with Crippen molar-refractivity contribution in [3.63, 3.8) is 0 Å². The molecule has 142 valence electrons. The zero-order valence-electron chi connectivity index (χ0n) is 15.3. The Balaban J connectivity index is 1.82. The predicted octanol–water partition coefficient (Wildman–Crippen LogP) is 1.97. The average Bonchev–Trinajstić information content (AvgIpc) is 3.10. The number of hydrogen-bond acceptors (Lipinski definition) is 7. The van der Waals surface area contributed by atoms with Gasteiger partial charge in [-0.15, -0.1) is 10.2 Å². The summed E-state index contributed by atoms with van der Waals surface area (Å²) in [5, 5.41) is 12.6. The maximum Gasteiger partial charge on any atom is 0.325 e. The normalized spacial score (nSPS) is 10.9. The van der Waals surface area contributed by atoms with E-state index in [9.17, 15) is 9.59 Å². The first kappa shape index (κ1) is 19.0. The third-order valence-electron chi connectivity index (χ3n) is 3.90. The number of aromatic nitrogens is 3. The Morgan fingerprint density at radius 1 is 1.26 bits per heavy atom. The molecule has 2 heterocycles. The van der Waals surface area contributed by atoms with Gasteiger partial charge >= 0.3 is 5.97 Å². The number of hydrogen-bond donors (Lipinski definition) is 1. The van der Waals surface area contributed by atoms with Crippen molar-refractivity contribution in [1.82, 2.24) is 19.9 Å². The van der Waals surface area contributed by atoms with Crippen molar-refractivity contribution in [2.75, 3.05) is 26.0 Å². The topological polar surface area (TPSA) is 94.8 Å². The van der Waals surface area contributed by atoms with E-state index in [1.54, 1.807) is 14.0 Å². The SMILES string of the molecule is CCOC(=O)CNC(=O)CSc1nnc2c(C)cc3ccc(OC)cc3n12. The summed E-state index contributed by atoms with van der Waals surface area (Å²) in [7, 11) is 1.61. The molecule has 0 spiro atoms. The van der Waals surface area contributed by atoms with Crippen LogP contribution in [0, 0.1) is 6.92 Å². The minimum absolute atomic E-state index is 0.111. The minimum atomic E-state index is -0.461. The number of amides is 1. The van der Waals surface area contributed by atoms with Crippen LogP contribution in [0.4, 0.5) is 0 Å². The first-order valence-electron chi connectivity index (χ1n) is 8.41. The maximum atomic E-state index is 12.0. The molecule has 3 aromatic rings. The van der Waals surface area contributed by atoms with Crippen LogP contribution >= 0.6 is 11.8 Å². The highest BCUT2D eigenvalue weighted by Crippen LogP contribution is 2.28. The lowest BCUT2D eigenvalue weighted by atomic mass is 10.1. The number of nitrogens with one attached hydrogen (secondary N) is 1. The third kappa shape index (κ3) is 4.13. The molecule has 9 heteroatoms. The van der Waals surface area contributed by atoms with Crippen molar-refractivity contribution in [3.8, 4) is 5.75 Å². The van der Waals surface area contributed by atoms with Crippen molar-refractivity contribution in [2.24, 2.45) is 0 Å². The van der Waals surface area contributed by atoms with Gasteiger partial charge in [0, 0.05) is 6.07 Å². The summed E-state index contributed by atoms with van der Waals surface area (Å²) in [5.41, 5.74) is 2.61. The monoisotopic (exact) mass is 388 g/mol. The molecular weight excluding hydrogens is 368 g/mol. The highest BCUT2D eigenvalue weighted by molar-refractivity contribution is 7.99. The number of ether oxygens (including phenoxy) is 2. The van der Waals surface area contributed by atoms with Crippen LogP contribution in [0.2, 0.25) is 0 Å². The van der Waals surface area contributed by atoms with Gasteiger partial charge < -0.3 is 14.8 Å². The zero-order valence-corrected chi connectivity index (χ0v) is 16.1. The second kappa shape index (κ2) is 8.26. The Kier molecular flexibility index (Phi) is 5.80. The van der Waals surface area contributed by atoms with Gasteiger partial charge in [-0.3, -0.25) is 14.0 Å². The van der Waals surface area contributed by atoms with Crippen LogP contribution < -0.4 is 10.1 Å². The van der Waals surface area contributed by atoms with E-state index in [0.717, 1.165) is 27.9 Å². The molecule has 3 rings (SSSR count). The molecule has 8 nitrogen and oxygen atoms in total. The summed E-state index contributed by atoms with van der Waals surface area (Å²) < 4.78 is 12.0. The third-order valence-corrected chi connectivity index (χ3v) is 4.83. The Hall–Kier alpha value is -2.81. The number of esters is 1. The van der Waals surface area contributed by atoms with Gasteiger partial charge in [-0.05, 0) is 43.0 Å². The van der Waals surface area contributed by atoms with E-state index in [1.165, 1.54) is 11.8 Å². The molecule has 2 aromatic heterocycles. The van der Waals surface area contributed by atoms with Crippen LogP contribution in [0.5, 0.6) is 5.75 Å². The van der Waals surface area contributed by atoms with E-state index in [0.29, 0.717) is 5.16 Å². The first-order valence-corrected chi connectivity index (χ1v) is 9.39. The zero-order chi connectivity index (χ0) is 19.4. The molecule has 0 bridgehead atoms. The Bertz CT molecular complexity index is 1000. The van der Waals surface area contributed by atoms with E-state index >= 15 is 0 Å². The number of methoxy groups -OCH3 is 1. The fourth-order valence-corrected chi connectivity index (χ4v) is 3.44. The van der Waals surface area contributed by atoms with E-state index in [-0.39, 0.29) is 24.8 Å². The molecule has 0 radical (unpaired) electrons. The molecule has 0 saturated carbocycles. The molecule has 0 aliphatic rings. The Labute approximate surface area is 160 Å². The van der Waals surface area contributed by atoms with Gasteiger partial charge in [-0.1, -0.05) is 11.8 Å². The van der Waals surface area contributed by atoms with E-state index < -0.39 is 5.97 Å². The molecule has 0 aliphatic carbocycles. The lowest BCUT2D eigenvalue weighted by Crippen LogP contribution is -2.31. The number of nitrogens with zero attached hydrogens (tertiary/aromatic N) is 3. The van der Waals surface area contributed by atoms with Crippen molar-refractivity contribution >= 4 is 40.2 Å². The van der Waals surface area contributed by atoms with Gasteiger partial charge in [0.25, 0.3) is 0 Å². The number of thioether (sulfide) groups is 1. The summed E-state index contributed by atoms with van der Waals surface area (Å²) in [6.07, 6.45) is 0. The van der Waals surface area contributed by atoms with Crippen molar-refractivity contribution in [2.45, 2.75) is 19.0 Å². The summed E-state index contributed by atoms with van der Waals surface area (Å²) in [6.45, 7) is 3.82. The number of carbonyl (C=O) groups excluding carboxylic acids is 2. The predicted molar refractivity (Wildman–Crippen MR) is 102 cm³/mol. The second-order valence-corrected chi connectivity index (χ2v) is 6.71. The molecule has 27 heavy (non-hydrogen) atoms. The van der Waals surface area contributed by atoms with Gasteiger partial charge in [0.2, 0.25) is 5.91 Å². The molecule has 0 saturated heterocycles. The molecule has 0 aliphatic heterocycles. The Morgan fingerprint density at radius 3 is 2.81 bits per heavy atom. The van der Waals surface area contributed by atoms with E-state index in [4.69, 9.17) is 9.47 Å². The number of fused-ring (bicyclic) bond motifs is 3. The maximum absolute atomic E-state index is 12.0. The van der Waals surface area contributed by atoms with Crippen LogP contribution in [0.1, 0.15) is 12.5 Å². The number of aryl methyl sites for hydroxylation is 1. The number of rotatable bonds is 7. The van der Waals surface area contributed by atoms with Crippen LogP contribution in [-0.2, 0) is 14.3 Å². The highest BCUT2D eigenvalue weighted by Gasteiger charge is 2.15. The fraction of sp³-hybridized carbons (Fsp3) is 0.333. The van der Waals surface area contributed by atoms with Crippen LogP contribution in [-0.4, -0.2) is 52.5 Å². The van der Waals surface area contributed by atoms with Crippen LogP contribution in [0.3, 0.4) is 0 Å². The summed E-state index contributed by atoms with van der Waals surface area (Å²) in [6, 6.07) is 7.82. The van der Waals surface area contributed by atoms with Crippen molar-refractivity contribution < 1.29 is 19.1 Å².